The van der Waals surface area contributed by atoms with Crippen LogP contribution in [0, 0.1) is 18.6 Å². The highest BCUT2D eigenvalue weighted by molar-refractivity contribution is 9.10. The van der Waals surface area contributed by atoms with Gasteiger partial charge in [0.05, 0.1) is 0 Å². The van der Waals surface area contributed by atoms with Gasteiger partial charge >= 0.3 is 0 Å². The van der Waals surface area contributed by atoms with Crippen LogP contribution in [0.3, 0.4) is 0 Å². The molecule has 2 rings (SSSR count). The maximum Gasteiger partial charge on any atom is 0.194 e. The summed E-state index contributed by atoms with van der Waals surface area (Å²) in [5.74, 6) is -1.07. The molecule has 0 heterocycles. The Morgan fingerprint density at radius 3 is 2.11 bits per heavy atom. The molecular formula is C14H9BrF2O. The van der Waals surface area contributed by atoms with Crippen molar-refractivity contribution >= 4 is 21.7 Å². The second kappa shape index (κ2) is 4.98. The van der Waals surface area contributed by atoms with Crippen LogP contribution in [0.15, 0.2) is 40.9 Å². The number of carbonyl (C=O) groups excluding carboxylic acids is 1. The van der Waals surface area contributed by atoms with Gasteiger partial charge in [-0.15, -0.1) is 0 Å². The lowest BCUT2D eigenvalue weighted by atomic mass is 9.99. The molecule has 0 saturated heterocycles. The number of aryl methyl sites for hydroxylation is 1. The second-order valence-electron chi connectivity index (χ2n) is 3.91. The monoisotopic (exact) mass is 310 g/mol. The van der Waals surface area contributed by atoms with E-state index in [0.717, 1.165) is 0 Å². The number of rotatable bonds is 2. The van der Waals surface area contributed by atoms with Crippen LogP contribution in [-0.4, -0.2) is 5.78 Å². The van der Waals surface area contributed by atoms with Crippen LogP contribution >= 0.6 is 15.9 Å². The summed E-state index contributed by atoms with van der Waals surface area (Å²) in [6.45, 7) is 1.66. The van der Waals surface area contributed by atoms with Gasteiger partial charge in [-0.2, -0.15) is 0 Å². The average molecular weight is 311 g/mol. The van der Waals surface area contributed by atoms with Crippen molar-refractivity contribution in [1.82, 2.24) is 0 Å². The Labute approximate surface area is 112 Å². The van der Waals surface area contributed by atoms with Crippen LogP contribution in [-0.2, 0) is 0 Å². The minimum atomic E-state index is -0.422. The third-order valence-electron chi connectivity index (χ3n) is 2.61. The number of halogens is 3. The Morgan fingerprint density at radius 1 is 1.00 bits per heavy atom. The lowest BCUT2D eigenvalue weighted by Gasteiger charge is -2.07. The maximum absolute atomic E-state index is 13.0. The van der Waals surface area contributed by atoms with Gasteiger partial charge in [-0.25, -0.2) is 8.78 Å². The third kappa shape index (κ3) is 2.48. The van der Waals surface area contributed by atoms with Crippen LogP contribution < -0.4 is 0 Å². The largest absolute Gasteiger partial charge is 0.289 e. The molecule has 4 heteroatoms. The minimum Gasteiger partial charge on any atom is -0.289 e. The van der Waals surface area contributed by atoms with Crippen LogP contribution in [0.2, 0.25) is 0 Å². The van der Waals surface area contributed by atoms with Gasteiger partial charge in [0.25, 0.3) is 0 Å². The zero-order chi connectivity index (χ0) is 13.3. The molecule has 0 unspecified atom stereocenters. The van der Waals surface area contributed by atoms with Crippen molar-refractivity contribution in [1.29, 1.82) is 0 Å². The fourth-order valence-corrected chi connectivity index (χ4v) is 2.23. The highest BCUT2D eigenvalue weighted by Gasteiger charge is 2.15. The zero-order valence-corrected chi connectivity index (χ0v) is 11.1. The van der Waals surface area contributed by atoms with E-state index in [1.54, 1.807) is 6.92 Å². The fraction of sp³-hybridized carbons (Fsp3) is 0.0714. The zero-order valence-electron chi connectivity index (χ0n) is 9.51. The van der Waals surface area contributed by atoms with E-state index < -0.39 is 5.82 Å². The Kier molecular flexibility index (Phi) is 3.57. The molecule has 0 spiro atoms. The summed E-state index contributed by atoms with van der Waals surface area (Å²) in [5, 5.41) is 0. The van der Waals surface area contributed by atoms with Gasteiger partial charge < -0.3 is 0 Å². The minimum absolute atomic E-state index is 0.264. The molecule has 0 fully saturated rings. The first-order valence-electron chi connectivity index (χ1n) is 5.25. The summed E-state index contributed by atoms with van der Waals surface area (Å²) in [6, 6.07) is 7.82. The lowest BCUT2D eigenvalue weighted by molar-refractivity contribution is 0.103. The SMILES string of the molecule is Cc1cc(F)ccc1C(=O)c1ccc(F)cc1Br. The first kappa shape index (κ1) is 12.9. The lowest BCUT2D eigenvalue weighted by Crippen LogP contribution is -2.05. The molecule has 0 N–H and O–H groups in total. The predicted octanol–water partition coefficient (Wildman–Crippen LogP) is 4.27. The summed E-state index contributed by atoms with van der Waals surface area (Å²) in [6.07, 6.45) is 0. The molecule has 2 aromatic carbocycles. The Bertz CT molecular complexity index is 570. The van der Waals surface area contributed by atoms with Gasteiger partial charge in [-0.3, -0.25) is 4.79 Å². The van der Waals surface area contributed by atoms with Crippen molar-refractivity contribution < 1.29 is 13.6 Å². The van der Waals surface area contributed by atoms with Crippen molar-refractivity contribution in [3.05, 3.63) is 69.2 Å². The Morgan fingerprint density at radius 2 is 1.56 bits per heavy atom. The van der Waals surface area contributed by atoms with E-state index in [9.17, 15) is 13.6 Å². The predicted molar refractivity (Wildman–Crippen MR) is 68.7 cm³/mol. The number of ketones is 1. The molecule has 0 aliphatic heterocycles. The molecule has 0 saturated carbocycles. The highest BCUT2D eigenvalue weighted by Crippen LogP contribution is 2.23. The molecule has 0 aliphatic rings. The molecule has 1 nitrogen and oxygen atoms in total. The molecule has 0 aromatic heterocycles. The second-order valence-corrected chi connectivity index (χ2v) is 4.77. The number of hydrogen-bond acceptors (Lipinski definition) is 1. The average Bonchev–Trinajstić information content (AvgIpc) is 2.28. The quantitative estimate of drug-likeness (QED) is 0.757. The van der Waals surface area contributed by atoms with E-state index in [2.05, 4.69) is 15.9 Å². The van der Waals surface area contributed by atoms with Crippen molar-refractivity contribution in [2.45, 2.75) is 6.92 Å². The van der Waals surface area contributed by atoms with Gasteiger partial charge in [0.2, 0.25) is 0 Å². The van der Waals surface area contributed by atoms with Crippen molar-refractivity contribution in [3.8, 4) is 0 Å². The van der Waals surface area contributed by atoms with E-state index in [1.165, 1.54) is 36.4 Å². The normalized spacial score (nSPS) is 10.4. The molecule has 18 heavy (non-hydrogen) atoms. The molecule has 92 valence electrons. The molecule has 0 atom stereocenters. The van der Waals surface area contributed by atoms with E-state index in [0.29, 0.717) is 21.2 Å². The number of carbonyl (C=O) groups is 1. The first-order valence-corrected chi connectivity index (χ1v) is 6.04. The van der Waals surface area contributed by atoms with Crippen LogP contribution in [0.1, 0.15) is 21.5 Å². The summed E-state index contributed by atoms with van der Waals surface area (Å²) in [5.41, 5.74) is 1.31. The number of hydrogen-bond donors (Lipinski definition) is 0. The van der Waals surface area contributed by atoms with E-state index in [4.69, 9.17) is 0 Å². The van der Waals surface area contributed by atoms with Gasteiger partial charge in [0, 0.05) is 15.6 Å². The molecule has 0 amide bonds. The van der Waals surface area contributed by atoms with Crippen LogP contribution in [0.4, 0.5) is 8.78 Å². The summed E-state index contributed by atoms with van der Waals surface area (Å²) >= 11 is 3.15. The Balaban J connectivity index is 2.48. The standard InChI is InChI=1S/C14H9BrF2O/c1-8-6-9(16)2-4-11(8)14(18)12-5-3-10(17)7-13(12)15/h2-7H,1H3. The first-order chi connectivity index (χ1) is 8.49. The molecule has 0 aliphatic carbocycles. The maximum atomic E-state index is 13.0. The third-order valence-corrected chi connectivity index (χ3v) is 3.26. The molecule has 0 radical (unpaired) electrons. The van der Waals surface area contributed by atoms with Gasteiger partial charge in [0.15, 0.2) is 5.78 Å². The van der Waals surface area contributed by atoms with Crippen LogP contribution in [0.25, 0.3) is 0 Å². The smallest absolute Gasteiger partial charge is 0.194 e. The van der Waals surface area contributed by atoms with Crippen molar-refractivity contribution in [3.63, 3.8) is 0 Å². The molecule has 2 aromatic rings. The molecular weight excluding hydrogens is 302 g/mol. The van der Waals surface area contributed by atoms with Crippen molar-refractivity contribution in [2.24, 2.45) is 0 Å². The summed E-state index contributed by atoms with van der Waals surface area (Å²) in [7, 11) is 0. The summed E-state index contributed by atoms with van der Waals surface area (Å²) in [4.78, 5) is 12.2. The Hall–Kier alpha value is -1.55. The summed E-state index contributed by atoms with van der Waals surface area (Å²) < 4.78 is 26.3. The van der Waals surface area contributed by atoms with E-state index in [-0.39, 0.29) is 11.6 Å². The van der Waals surface area contributed by atoms with Crippen LogP contribution in [0.5, 0.6) is 0 Å². The number of benzene rings is 2. The van der Waals surface area contributed by atoms with Gasteiger partial charge in [-0.1, -0.05) is 0 Å². The van der Waals surface area contributed by atoms with E-state index >= 15 is 0 Å². The van der Waals surface area contributed by atoms with E-state index in [1.807, 2.05) is 0 Å². The van der Waals surface area contributed by atoms with Crippen molar-refractivity contribution in [2.75, 3.05) is 0 Å². The van der Waals surface area contributed by atoms with Gasteiger partial charge in [-0.05, 0) is 64.8 Å². The fourth-order valence-electron chi connectivity index (χ4n) is 1.70. The highest BCUT2D eigenvalue weighted by atomic mass is 79.9. The molecule has 0 bridgehead atoms. The topological polar surface area (TPSA) is 17.1 Å². The van der Waals surface area contributed by atoms with Gasteiger partial charge in [0.1, 0.15) is 11.6 Å².